The molecule has 132 valence electrons. The molecule has 1 aliphatic heterocycles. The average molecular weight is 358 g/mol. The summed E-state index contributed by atoms with van der Waals surface area (Å²) in [4.78, 5) is 14.8. The van der Waals surface area contributed by atoms with Crippen LogP contribution in [0.4, 0.5) is 17.1 Å². The fourth-order valence-electron chi connectivity index (χ4n) is 3.12. The maximum atomic E-state index is 12.6. The van der Waals surface area contributed by atoms with Gasteiger partial charge < -0.3 is 16.0 Å². The van der Waals surface area contributed by atoms with Gasteiger partial charge in [-0.25, -0.2) is 0 Å². The van der Waals surface area contributed by atoms with Crippen molar-refractivity contribution in [2.45, 2.75) is 32.6 Å². The van der Waals surface area contributed by atoms with Gasteiger partial charge in [0.1, 0.15) is 0 Å². The zero-order valence-electron chi connectivity index (χ0n) is 14.7. The molecule has 0 aromatic heterocycles. The number of nitrogens with two attached hydrogens (primary N) is 1. The third-order valence-corrected chi connectivity index (χ3v) is 4.96. The van der Waals surface area contributed by atoms with Crippen LogP contribution in [-0.2, 0) is 0 Å². The summed E-state index contributed by atoms with van der Waals surface area (Å²) in [5, 5.41) is 3.36. The van der Waals surface area contributed by atoms with Crippen LogP contribution < -0.4 is 16.0 Å². The number of carbonyl (C=O) groups excluding carboxylic acids is 1. The van der Waals surface area contributed by atoms with Gasteiger partial charge in [0.25, 0.3) is 5.91 Å². The van der Waals surface area contributed by atoms with Gasteiger partial charge in [-0.2, -0.15) is 0 Å². The third-order valence-electron chi connectivity index (χ3n) is 4.65. The highest BCUT2D eigenvalue weighted by Crippen LogP contribution is 2.35. The minimum Gasteiger partial charge on any atom is -0.397 e. The molecule has 4 nitrogen and oxygen atoms in total. The summed E-state index contributed by atoms with van der Waals surface area (Å²) in [6.07, 6.45) is 2.32. The Morgan fingerprint density at radius 1 is 1.16 bits per heavy atom. The van der Waals surface area contributed by atoms with Crippen LogP contribution in [0.5, 0.6) is 0 Å². The summed E-state index contributed by atoms with van der Waals surface area (Å²) in [6.45, 7) is 6.22. The molecule has 1 amide bonds. The van der Waals surface area contributed by atoms with Crippen LogP contribution in [-0.4, -0.2) is 19.0 Å². The van der Waals surface area contributed by atoms with Crippen molar-refractivity contribution < 1.29 is 4.79 Å². The Morgan fingerprint density at radius 2 is 1.80 bits per heavy atom. The first-order chi connectivity index (χ1) is 12.0. The molecule has 2 aromatic carbocycles. The Balaban J connectivity index is 1.81. The van der Waals surface area contributed by atoms with Gasteiger partial charge in [0, 0.05) is 18.7 Å². The molecule has 0 radical (unpaired) electrons. The Hall–Kier alpha value is -2.20. The number of nitrogens with one attached hydrogen (secondary N) is 1. The first kappa shape index (κ1) is 17.6. The molecule has 1 fully saturated rings. The van der Waals surface area contributed by atoms with Crippen LogP contribution in [0.1, 0.15) is 48.5 Å². The lowest BCUT2D eigenvalue weighted by atomic mass is 10.0. The van der Waals surface area contributed by atoms with Gasteiger partial charge in [0.05, 0.1) is 22.1 Å². The lowest BCUT2D eigenvalue weighted by Crippen LogP contribution is -2.20. The molecule has 1 aliphatic rings. The summed E-state index contributed by atoms with van der Waals surface area (Å²) in [6, 6.07) is 11.3. The van der Waals surface area contributed by atoms with Gasteiger partial charge in [-0.3, -0.25) is 4.79 Å². The van der Waals surface area contributed by atoms with Gasteiger partial charge in [0.2, 0.25) is 0 Å². The molecular weight excluding hydrogens is 334 g/mol. The Kier molecular flexibility index (Phi) is 5.19. The maximum Gasteiger partial charge on any atom is 0.255 e. The summed E-state index contributed by atoms with van der Waals surface area (Å²) in [7, 11) is 0. The average Bonchev–Trinajstić information content (AvgIpc) is 3.11. The predicted molar refractivity (Wildman–Crippen MR) is 106 cm³/mol. The van der Waals surface area contributed by atoms with E-state index in [1.165, 1.54) is 5.56 Å². The minimum absolute atomic E-state index is 0.172. The standard InChI is InChI=1S/C20H24ClN3O/c1-13(2)14-5-7-15(8-6-14)20(25)23-18-12-19(17(22)11-16(18)21)24-9-3-4-10-24/h5-8,11-13H,3-4,9-10,22H2,1-2H3,(H,23,25). The fourth-order valence-corrected chi connectivity index (χ4v) is 3.34. The van der Waals surface area contributed by atoms with E-state index in [4.69, 9.17) is 17.3 Å². The van der Waals surface area contributed by atoms with Crippen molar-refractivity contribution in [3.63, 3.8) is 0 Å². The highest BCUT2D eigenvalue weighted by atomic mass is 35.5. The van der Waals surface area contributed by atoms with Crippen LogP contribution >= 0.6 is 11.6 Å². The fraction of sp³-hybridized carbons (Fsp3) is 0.350. The largest absolute Gasteiger partial charge is 0.397 e. The van der Waals surface area contributed by atoms with E-state index in [2.05, 4.69) is 24.1 Å². The molecule has 0 spiro atoms. The van der Waals surface area contributed by atoms with Crippen LogP contribution in [0.2, 0.25) is 5.02 Å². The lowest BCUT2D eigenvalue weighted by Gasteiger charge is -2.21. The number of rotatable bonds is 4. The number of nitrogens with zero attached hydrogens (tertiary/aromatic N) is 1. The van der Waals surface area contributed by atoms with Crippen molar-refractivity contribution in [1.29, 1.82) is 0 Å². The second kappa shape index (κ2) is 7.36. The summed E-state index contributed by atoms with van der Waals surface area (Å²) >= 11 is 6.29. The van der Waals surface area contributed by atoms with Crippen LogP contribution in [0.15, 0.2) is 36.4 Å². The molecule has 0 aliphatic carbocycles. The van der Waals surface area contributed by atoms with E-state index in [0.717, 1.165) is 31.6 Å². The summed E-state index contributed by atoms with van der Waals surface area (Å²) in [5.74, 6) is 0.265. The first-order valence-electron chi connectivity index (χ1n) is 8.71. The first-order valence-corrected chi connectivity index (χ1v) is 9.09. The van der Waals surface area contributed by atoms with Gasteiger partial charge in [0.15, 0.2) is 0 Å². The molecule has 1 heterocycles. The molecule has 25 heavy (non-hydrogen) atoms. The van der Waals surface area contributed by atoms with E-state index in [1.807, 2.05) is 30.3 Å². The number of hydrogen-bond acceptors (Lipinski definition) is 3. The SMILES string of the molecule is CC(C)c1ccc(C(=O)Nc2cc(N3CCCC3)c(N)cc2Cl)cc1. The number of hydrogen-bond donors (Lipinski definition) is 2. The number of benzene rings is 2. The monoisotopic (exact) mass is 357 g/mol. The number of carbonyl (C=O) groups is 1. The topological polar surface area (TPSA) is 58.4 Å². The molecule has 5 heteroatoms. The molecular formula is C20H24ClN3O. The van der Waals surface area contributed by atoms with Crippen molar-refractivity contribution in [2.24, 2.45) is 0 Å². The smallest absolute Gasteiger partial charge is 0.255 e. The van der Waals surface area contributed by atoms with Crippen molar-refractivity contribution in [1.82, 2.24) is 0 Å². The quantitative estimate of drug-likeness (QED) is 0.765. The zero-order valence-corrected chi connectivity index (χ0v) is 15.4. The van der Waals surface area contributed by atoms with E-state index in [9.17, 15) is 4.79 Å². The molecule has 0 saturated carbocycles. The molecule has 0 unspecified atom stereocenters. The number of nitrogen functional groups attached to an aromatic ring is 1. The Labute approximate surface area is 154 Å². The van der Waals surface area contributed by atoms with Crippen molar-refractivity contribution in [3.05, 3.63) is 52.5 Å². The van der Waals surface area contributed by atoms with Gasteiger partial charge in [-0.1, -0.05) is 37.6 Å². The Bertz CT molecular complexity index is 765. The van der Waals surface area contributed by atoms with E-state index < -0.39 is 0 Å². The zero-order chi connectivity index (χ0) is 18.0. The number of anilines is 3. The number of halogens is 1. The van der Waals surface area contributed by atoms with Gasteiger partial charge >= 0.3 is 0 Å². The van der Waals surface area contributed by atoms with E-state index >= 15 is 0 Å². The highest BCUT2D eigenvalue weighted by molar-refractivity contribution is 6.34. The van der Waals surface area contributed by atoms with Crippen LogP contribution in [0.25, 0.3) is 0 Å². The van der Waals surface area contributed by atoms with E-state index in [0.29, 0.717) is 27.9 Å². The van der Waals surface area contributed by atoms with Crippen LogP contribution in [0.3, 0.4) is 0 Å². The van der Waals surface area contributed by atoms with Gasteiger partial charge in [-0.05, 0) is 48.6 Å². The van der Waals surface area contributed by atoms with Gasteiger partial charge in [-0.15, -0.1) is 0 Å². The van der Waals surface area contributed by atoms with E-state index in [1.54, 1.807) is 6.07 Å². The van der Waals surface area contributed by atoms with Crippen molar-refractivity contribution in [2.75, 3.05) is 29.0 Å². The second-order valence-electron chi connectivity index (χ2n) is 6.82. The summed E-state index contributed by atoms with van der Waals surface area (Å²) < 4.78 is 0. The normalized spacial score (nSPS) is 14.2. The minimum atomic E-state index is -0.172. The lowest BCUT2D eigenvalue weighted by molar-refractivity contribution is 0.102. The van der Waals surface area contributed by atoms with Crippen molar-refractivity contribution in [3.8, 4) is 0 Å². The second-order valence-corrected chi connectivity index (χ2v) is 7.22. The van der Waals surface area contributed by atoms with E-state index in [-0.39, 0.29) is 5.91 Å². The molecule has 0 atom stereocenters. The summed E-state index contributed by atoms with van der Waals surface area (Å²) in [5.41, 5.74) is 10.1. The Morgan fingerprint density at radius 3 is 2.40 bits per heavy atom. The molecule has 2 aromatic rings. The molecule has 3 N–H and O–H groups in total. The molecule has 3 rings (SSSR count). The predicted octanol–water partition coefficient (Wildman–Crippen LogP) is 4.90. The maximum absolute atomic E-state index is 12.6. The van der Waals surface area contributed by atoms with Crippen LogP contribution in [0, 0.1) is 0 Å². The third kappa shape index (κ3) is 3.90. The van der Waals surface area contributed by atoms with Crippen molar-refractivity contribution >= 4 is 34.6 Å². The molecule has 1 saturated heterocycles. The molecule has 0 bridgehead atoms. The number of amides is 1. The highest BCUT2D eigenvalue weighted by Gasteiger charge is 2.18.